The Morgan fingerprint density at radius 1 is 1.78 bits per heavy atom. The summed E-state index contributed by atoms with van der Waals surface area (Å²) in [6.45, 7) is 0. The van der Waals surface area contributed by atoms with Gasteiger partial charge in [-0.25, -0.2) is 0 Å². The number of carbonyl (C=O) groups is 1. The molecule has 1 aliphatic rings. The molecule has 1 rings (SSSR count). The molecule has 50 valence electrons. The van der Waals surface area contributed by atoms with Gasteiger partial charge in [0.15, 0.2) is 0 Å². The lowest BCUT2D eigenvalue weighted by molar-refractivity contribution is -0.112. The Hall–Kier alpha value is -0.300. The Morgan fingerprint density at radius 2 is 2.56 bits per heavy atom. The van der Waals surface area contributed by atoms with Crippen LogP contribution in [-0.2, 0) is 4.79 Å². The molecule has 1 atom stereocenters. The highest BCUT2D eigenvalue weighted by Gasteiger charge is 2.11. The van der Waals surface area contributed by atoms with Crippen molar-refractivity contribution in [2.45, 2.75) is 19.3 Å². The van der Waals surface area contributed by atoms with Gasteiger partial charge in [-0.05, 0) is 30.4 Å². The van der Waals surface area contributed by atoms with Crippen LogP contribution in [0.3, 0.4) is 0 Å². The van der Waals surface area contributed by atoms with Crippen molar-refractivity contribution in [1.29, 1.82) is 0 Å². The van der Waals surface area contributed by atoms with Gasteiger partial charge in [0.25, 0.3) is 0 Å². The molecule has 0 N–H and O–H groups in total. The second-order valence-electron chi connectivity index (χ2n) is 2.32. The number of allylic oxidation sites excluding steroid dienone is 2. The molecule has 1 nitrogen and oxygen atoms in total. The molecule has 0 aromatic rings. The van der Waals surface area contributed by atoms with Crippen LogP contribution in [0.1, 0.15) is 19.3 Å². The van der Waals surface area contributed by atoms with Crippen LogP contribution < -0.4 is 0 Å². The van der Waals surface area contributed by atoms with Gasteiger partial charge in [0, 0.05) is 6.42 Å². The Kier molecular flexibility index (Phi) is 2.29. The van der Waals surface area contributed by atoms with Gasteiger partial charge in [0.2, 0.25) is 5.24 Å². The van der Waals surface area contributed by atoms with Crippen molar-refractivity contribution in [1.82, 2.24) is 0 Å². The average molecular weight is 145 g/mol. The maximum absolute atomic E-state index is 10.3. The Labute approximate surface area is 59.7 Å². The van der Waals surface area contributed by atoms with Gasteiger partial charge < -0.3 is 0 Å². The van der Waals surface area contributed by atoms with E-state index in [2.05, 4.69) is 12.2 Å². The molecule has 0 saturated carbocycles. The molecule has 0 amide bonds. The summed E-state index contributed by atoms with van der Waals surface area (Å²) in [7, 11) is 0. The SMILES string of the molecule is O=C(Cl)C[C@H]1C=CCC1. The second-order valence-corrected chi connectivity index (χ2v) is 2.75. The zero-order chi connectivity index (χ0) is 6.69. The molecule has 0 heterocycles. The smallest absolute Gasteiger partial charge is 0.222 e. The van der Waals surface area contributed by atoms with Crippen molar-refractivity contribution in [3.63, 3.8) is 0 Å². The molecule has 0 radical (unpaired) electrons. The number of hydrogen-bond acceptors (Lipinski definition) is 1. The summed E-state index contributed by atoms with van der Waals surface area (Å²) in [5, 5.41) is -0.216. The van der Waals surface area contributed by atoms with E-state index in [1.54, 1.807) is 0 Å². The second kappa shape index (κ2) is 3.02. The van der Waals surface area contributed by atoms with E-state index in [1.807, 2.05) is 0 Å². The maximum Gasteiger partial charge on any atom is 0.222 e. The molecule has 0 fully saturated rings. The summed E-state index contributed by atoms with van der Waals surface area (Å²) in [5.41, 5.74) is 0. The summed E-state index contributed by atoms with van der Waals surface area (Å²) < 4.78 is 0. The topological polar surface area (TPSA) is 17.1 Å². The third-order valence-corrected chi connectivity index (χ3v) is 1.69. The monoisotopic (exact) mass is 144 g/mol. The fourth-order valence-corrected chi connectivity index (χ4v) is 1.27. The third kappa shape index (κ3) is 2.19. The molecule has 1 aliphatic carbocycles. The van der Waals surface area contributed by atoms with Crippen LogP contribution in [0.2, 0.25) is 0 Å². The first kappa shape index (κ1) is 6.81. The summed E-state index contributed by atoms with van der Waals surface area (Å²) >= 11 is 5.19. The van der Waals surface area contributed by atoms with E-state index in [4.69, 9.17) is 11.6 Å². The number of rotatable bonds is 2. The van der Waals surface area contributed by atoms with Crippen LogP contribution in [0.15, 0.2) is 12.2 Å². The molecule has 2 heteroatoms. The molecule has 0 spiro atoms. The quantitative estimate of drug-likeness (QED) is 0.429. The summed E-state index contributed by atoms with van der Waals surface area (Å²) in [5.74, 6) is 0.426. The van der Waals surface area contributed by atoms with Gasteiger partial charge in [-0.1, -0.05) is 12.2 Å². The number of halogens is 1. The number of hydrogen-bond donors (Lipinski definition) is 0. The van der Waals surface area contributed by atoms with Gasteiger partial charge >= 0.3 is 0 Å². The molecule has 0 bridgehead atoms. The summed E-state index contributed by atoms with van der Waals surface area (Å²) in [6, 6.07) is 0. The molecule has 0 aliphatic heterocycles. The third-order valence-electron chi connectivity index (χ3n) is 1.54. The Bertz CT molecular complexity index is 140. The molecular weight excluding hydrogens is 136 g/mol. The van der Waals surface area contributed by atoms with Gasteiger partial charge in [-0.15, -0.1) is 0 Å². The van der Waals surface area contributed by atoms with E-state index in [1.165, 1.54) is 0 Å². The van der Waals surface area contributed by atoms with Crippen LogP contribution in [0, 0.1) is 5.92 Å². The van der Waals surface area contributed by atoms with Gasteiger partial charge in [-0.2, -0.15) is 0 Å². The van der Waals surface area contributed by atoms with Crippen molar-refractivity contribution in [3.05, 3.63) is 12.2 Å². The number of carbonyl (C=O) groups excluding carboxylic acids is 1. The average Bonchev–Trinajstić information content (AvgIpc) is 2.15. The van der Waals surface area contributed by atoms with Gasteiger partial charge in [0.05, 0.1) is 0 Å². The van der Waals surface area contributed by atoms with Crippen LogP contribution in [0.25, 0.3) is 0 Å². The normalized spacial score (nSPS) is 24.8. The van der Waals surface area contributed by atoms with Crippen molar-refractivity contribution in [3.8, 4) is 0 Å². The molecule has 0 aromatic carbocycles. The first-order chi connectivity index (χ1) is 4.29. The lowest BCUT2D eigenvalue weighted by Gasteiger charge is -1.99. The highest BCUT2D eigenvalue weighted by molar-refractivity contribution is 6.63. The predicted molar refractivity (Wildman–Crippen MR) is 37.3 cm³/mol. The van der Waals surface area contributed by atoms with Crippen molar-refractivity contribution in [2.24, 2.45) is 5.92 Å². The van der Waals surface area contributed by atoms with Crippen molar-refractivity contribution < 1.29 is 4.79 Å². The minimum atomic E-state index is -0.216. The fourth-order valence-electron chi connectivity index (χ4n) is 1.07. The van der Waals surface area contributed by atoms with E-state index in [0.29, 0.717) is 12.3 Å². The maximum atomic E-state index is 10.3. The lowest BCUT2D eigenvalue weighted by atomic mass is 10.1. The summed E-state index contributed by atoms with van der Waals surface area (Å²) in [4.78, 5) is 10.3. The van der Waals surface area contributed by atoms with E-state index in [9.17, 15) is 4.79 Å². The van der Waals surface area contributed by atoms with Crippen molar-refractivity contribution >= 4 is 16.8 Å². The largest absolute Gasteiger partial charge is 0.281 e. The van der Waals surface area contributed by atoms with E-state index in [-0.39, 0.29) is 5.24 Å². The zero-order valence-corrected chi connectivity index (χ0v) is 5.90. The van der Waals surface area contributed by atoms with Crippen molar-refractivity contribution in [2.75, 3.05) is 0 Å². The van der Waals surface area contributed by atoms with Crippen LogP contribution >= 0.6 is 11.6 Å². The van der Waals surface area contributed by atoms with E-state index >= 15 is 0 Å². The summed E-state index contributed by atoms with van der Waals surface area (Å²) in [6.07, 6.45) is 6.89. The molecule has 9 heavy (non-hydrogen) atoms. The van der Waals surface area contributed by atoms with Crippen LogP contribution in [-0.4, -0.2) is 5.24 Å². The van der Waals surface area contributed by atoms with E-state index in [0.717, 1.165) is 12.8 Å². The predicted octanol–water partition coefficient (Wildman–Crippen LogP) is 2.11. The first-order valence-electron chi connectivity index (χ1n) is 3.14. The highest BCUT2D eigenvalue weighted by atomic mass is 35.5. The fraction of sp³-hybridized carbons (Fsp3) is 0.571. The van der Waals surface area contributed by atoms with Gasteiger partial charge in [-0.3, -0.25) is 4.79 Å². The molecule has 0 saturated heterocycles. The molecular formula is C7H9ClO. The van der Waals surface area contributed by atoms with Crippen LogP contribution in [0.5, 0.6) is 0 Å². The molecule has 0 unspecified atom stereocenters. The van der Waals surface area contributed by atoms with Gasteiger partial charge in [0.1, 0.15) is 0 Å². The minimum Gasteiger partial charge on any atom is -0.281 e. The first-order valence-corrected chi connectivity index (χ1v) is 3.52. The molecule has 0 aromatic heterocycles. The lowest BCUT2D eigenvalue weighted by Crippen LogP contribution is -1.96. The minimum absolute atomic E-state index is 0.216. The Balaban J connectivity index is 2.28. The standard InChI is InChI=1S/C7H9ClO/c8-7(9)5-6-3-1-2-4-6/h1,3,6H,2,4-5H2/t6-/m0/s1. The highest BCUT2D eigenvalue weighted by Crippen LogP contribution is 2.20. The van der Waals surface area contributed by atoms with E-state index < -0.39 is 0 Å². The zero-order valence-electron chi connectivity index (χ0n) is 5.14. The van der Waals surface area contributed by atoms with Crippen LogP contribution in [0.4, 0.5) is 0 Å². The Morgan fingerprint density at radius 3 is 3.00 bits per heavy atom.